The molecule has 2 bridgehead atoms. The zero-order valence-corrected chi connectivity index (χ0v) is 12.0. The van der Waals surface area contributed by atoms with Gasteiger partial charge in [-0.15, -0.1) is 0 Å². The lowest BCUT2D eigenvalue weighted by Gasteiger charge is -2.56. The lowest BCUT2D eigenvalue weighted by molar-refractivity contribution is -0.0453. The molecule has 1 spiro atoms. The van der Waals surface area contributed by atoms with Crippen LogP contribution in [0, 0.1) is 5.92 Å². The first-order chi connectivity index (χ1) is 13.0. The molecule has 1 aromatic carbocycles. The zero-order chi connectivity index (χ0) is 20.1. The molecule has 4 aliphatic rings. The highest BCUT2D eigenvalue weighted by atomic mass is 16.5. The molecule has 1 N–H and O–H groups in total. The second-order valence-electron chi connectivity index (χ2n) is 6.72. The number of rotatable bonds is 1. The number of aliphatic hydroxyl groups is 1. The molecule has 2 aliphatic carbocycles. The minimum absolute atomic E-state index is 0.133. The molecular weight excluding hydrogens is 278 g/mol. The monoisotopic (exact) mass is 305 g/mol. The Bertz CT molecular complexity index is 866. The fourth-order valence-electron chi connectivity index (χ4n) is 5.13. The van der Waals surface area contributed by atoms with Gasteiger partial charge in [-0.25, -0.2) is 0 Å². The molecule has 0 saturated carbocycles. The third-order valence-corrected chi connectivity index (χ3v) is 5.97. The molecule has 116 valence electrons. The number of hydrogen-bond donors (Lipinski definition) is 1. The van der Waals surface area contributed by atoms with Gasteiger partial charge >= 0.3 is 0 Å². The first-order valence-corrected chi connectivity index (χ1v) is 7.67. The Morgan fingerprint density at radius 3 is 3.27 bits per heavy atom. The Kier molecular flexibility index (Phi) is 1.54. The molecule has 0 aromatic heterocycles. The van der Waals surface area contributed by atoms with Gasteiger partial charge in [0.1, 0.15) is 12.2 Å². The van der Waals surface area contributed by atoms with E-state index in [1.165, 1.54) is 0 Å². The molecular formula is C18H21NO3. The molecule has 22 heavy (non-hydrogen) atoms. The number of ether oxygens (including phenoxy) is 2. The van der Waals surface area contributed by atoms with Crippen molar-refractivity contribution in [3.8, 4) is 11.5 Å². The van der Waals surface area contributed by atoms with Gasteiger partial charge in [-0.3, -0.25) is 0 Å². The van der Waals surface area contributed by atoms with Crippen LogP contribution < -0.4 is 9.47 Å². The van der Waals surface area contributed by atoms with E-state index >= 15 is 0 Å². The normalized spacial score (nSPS) is 46.2. The number of benzene rings is 1. The van der Waals surface area contributed by atoms with E-state index in [2.05, 4.69) is 0 Å². The molecule has 1 fully saturated rings. The molecule has 4 heteroatoms. The molecule has 5 rings (SSSR count). The van der Waals surface area contributed by atoms with E-state index in [9.17, 15) is 5.11 Å². The summed E-state index contributed by atoms with van der Waals surface area (Å²) in [6, 6.07) is 3.15. The Balaban J connectivity index is 1.70. The van der Waals surface area contributed by atoms with Crippen LogP contribution in [0.5, 0.6) is 11.5 Å². The quantitative estimate of drug-likeness (QED) is 0.799. The van der Waals surface area contributed by atoms with Crippen LogP contribution in [0.15, 0.2) is 24.3 Å². The minimum Gasteiger partial charge on any atom is -0.493 e. The third-order valence-electron chi connectivity index (χ3n) is 5.97. The predicted molar refractivity (Wildman–Crippen MR) is 82.5 cm³/mol. The van der Waals surface area contributed by atoms with Gasteiger partial charge in [-0.1, -0.05) is 18.2 Å². The van der Waals surface area contributed by atoms with Crippen molar-refractivity contribution in [2.45, 2.75) is 36.5 Å². The van der Waals surface area contributed by atoms with E-state index in [0.29, 0.717) is 25.1 Å². The van der Waals surface area contributed by atoms with Crippen molar-refractivity contribution in [3.05, 3.63) is 35.4 Å². The number of nitrogens with zero attached hydrogens (tertiary/aromatic N) is 1. The lowest BCUT2D eigenvalue weighted by atomic mass is 9.53. The SMILES string of the molecule is [2H]C([2H])([2H])Oc1ccc2c3c1O[C@H]1[C@@H](O)C=C[C@H]4[C@@H](C2)N(C([2H])([2H])[2H])CC[C@@]341. The number of aliphatic hydroxyl groups excluding tert-OH is 1. The topological polar surface area (TPSA) is 41.9 Å². The lowest BCUT2D eigenvalue weighted by Crippen LogP contribution is -2.64. The molecule has 2 heterocycles. The molecule has 1 saturated heterocycles. The van der Waals surface area contributed by atoms with Crippen LogP contribution in [-0.2, 0) is 11.8 Å². The minimum atomic E-state index is -2.61. The van der Waals surface area contributed by atoms with E-state index in [1.54, 1.807) is 17.0 Å². The van der Waals surface area contributed by atoms with Gasteiger partial charge in [-0.05, 0) is 38.0 Å². The van der Waals surface area contributed by atoms with Crippen molar-refractivity contribution in [1.29, 1.82) is 0 Å². The molecule has 0 amide bonds. The number of likely N-dealkylation sites (N-methyl/N-ethyl adjacent to an activating group) is 1. The van der Waals surface area contributed by atoms with Crippen molar-refractivity contribution in [1.82, 2.24) is 4.90 Å². The van der Waals surface area contributed by atoms with Crippen LogP contribution in [0.2, 0.25) is 0 Å². The Morgan fingerprint density at radius 2 is 2.41 bits per heavy atom. The molecule has 0 unspecified atom stereocenters. The van der Waals surface area contributed by atoms with E-state index in [-0.39, 0.29) is 17.7 Å². The van der Waals surface area contributed by atoms with E-state index < -0.39 is 31.6 Å². The Morgan fingerprint density at radius 1 is 1.45 bits per heavy atom. The van der Waals surface area contributed by atoms with Crippen molar-refractivity contribution in [3.63, 3.8) is 0 Å². The average Bonchev–Trinajstić information content (AvgIpc) is 2.90. The van der Waals surface area contributed by atoms with Crippen LogP contribution in [0.1, 0.15) is 25.8 Å². The van der Waals surface area contributed by atoms with Crippen LogP contribution in [0.25, 0.3) is 0 Å². The highest BCUT2D eigenvalue weighted by Gasteiger charge is 2.64. The largest absolute Gasteiger partial charge is 0.493 e. The summed E-state index contributed by atoms with van der Waals surface area (Å²) < 4.78 is 57.5. The van der Waals surface area contributed by atoms with Crippen LogP contribution in [-0.4, -0.2) is 48.8 Å². The van der Waals surface area contributed by atoms with Gasteiger partial charge in [0, 0.05) is 27.1 Å². The fourth-order valence-corrected chi connectivity index (χ4v) is 5.13. The summed E-state index contributed by atoms with van der Waals surface area (Å²) >= 11 is 0. The molecule has 4 nitrogen and oxygen atoms in total. The maximum Gasteiger partial charge on any atom is 0.165 e. The molecule has 0 radical (unpaired) electrons. The Labute approximate surface area is 138 Å². The summed E-state index contributed by atoms with van der Waals surface area (Å²) in [6.07, 6.45) is 3.19. The van der Waals surface area contributed by atoms with Crippen LogP contribution in [0.4, 0.5) is 0 Å². The summed E-state index contributed by atoms with van der Waals surface area (Å²) in [5.74, 6) is 0.393. The van der Waals surface area contributed by atoms with E-state index in [1.807, 2.05) is 12.1 Å². The highest BCUT2D eigenvalue weighted by molar-refractivity contribution is 5.62. The average molecular weight is 305 g/mol. The first-order valence-electron chi connectivity index (χ1n) is 10.7. The summed E-state index contributed by atoms with van der Waals surface area (Å²) in [5, 5.41) is 10.7. The third kappa shape index (κ3) is 1.28. The Hall–Kier alpha value is -1.52. The van der Waals surface area contributed by atoms with E-state index in [0.717, 1.165) is 11.1 Å². The first kappa shape index (κ1) is 8.37. The number of piperidine rings is 1. The second kappa shape index (κ2) is 4.06. The molecule has 1 aromatic rings. The summed E-state index contributed by atoms with van der Waals surface area (Å²) in [6.45, 7) is -1.84. The second-order valence-corrected chi connectivity index (χ2v) is 6.72. The van der Waals surface area contributed by atoms with Gasteiger partial charge in [0.15, 0.2) is 11.5 Å². The van der Waals surface area contributed by atoms with Gasteiger partial charge in [0.25, 0.3) is 0 Å². The van der Waals surface area contributed by atoms with Crippen LogP contribution in [0.3, 0.4) is 0 Å². The van der Waals surface area contributed by atoms with Crippen molar-refractivity contribution >= 4 is 0 Å². The zero-order valence-electron chi connectivity index (χ0n) is 18.0. The van der Waals surface area contributed by atoms with Crippen molar-refractivity contribution in [2.75, 3.05) is 20.6 Å². The summed E-state index contributed by atoms with van der Waals surface area (Å²) in [7, 11) is -2.61. The fraction of sp³-hybridized carbons (Fsp3) is 0.556. The molecule has 2 aliphatic heterocycles. The summed E-state index contributed by atoms with van der Waals surface area (Å²) in [4.78, 5) is 1.58. The number of methoxy groups -OCH3 is 1. The van der Waals surface area contributed by atoms with Gasteiger partial charge < -0.3 is 19.5 Å². The van der Waals surface area contributed by atoms with Gasteiger partial charge in [0.2, 0.25) is 0 Å². The smallest absolute Gasteiger partial charge is 0.165 e. The maximum absolute atomic E-state index is 10.7. The standard InChI is InChI=1S/C18H21NO3/c1-19-8-7-18-11-4-5-13(20)17(18)22-16-14(21-2)6-3-10(15(16)18)9-12(11)19/h3-6,11-13,17,20H,7-9H2,1-2H3/t11-,12+,13-,17-,18-/m0/s1/i1D3,2D3. The van der Waals surface area contributed by atoms with Crippen molar-refractivity contribution < 1.29 is 22.8 Å². The van der Waals surface area contributed by atoms with Crippen LogP contribution >= 0.6 is 0 Å². The number of likely N-dealkylation sites (tertiary alicyclic amines) is 1. The number of hydrogen-bond acceptors (Lipinski definition) is 4. The predicted octanol–water partition coefficient (Wildman–Crippen LogP) is 1.50. The molecule has 5 atom stereocenters. The highest BCUT2D eigenvalue weighted by Crippen LogP contribution is 2.62. The van der Waals surface area contributed by atoms with E-state index in [4.69, 9.17) is 17.7 Å². The maximum atomic E-state index is 10.7. The van der Waals surface area contributed by atoms with Gasteiger partial charge in [-0.2, -0.15) is 0 Å². The summed E-state index contributed by atoms with van der Waals surface area (Å²) in [5.41, 5.74) is 1.25. The van der Waals surface area contributed by atoms with Crippen molar-refractivity contribution in [2.24, 2.45) is 5.92 Å². The van der Waals surface area contributed by atoms with Gasteiger partial charge in [0.05, 0.1) is 11.2 Å².